The maximum absolute atomic E-state index is 12.1. The fraction of sp³-hybridized carbons (Fsp3) is 0.111. The molecule has 0 aliphatic rings. The Kier molecular flexibility index (Phi) is 4.56. The van der Waals surface area contributed by atoms with Gasteiger partial charge in [-0.05, 0) is 43.3 Å². The van der Waals surface area contributed by atoms with Gasteiger partial charge >= 0.3 is 6.03 Å². The van der Waals surface area contributed by atoms with Gasteiger partial charge < -0.3 is 15.2 Å². The Morgan fingerprint density at radius 1 is 1.00 bits per heavy atom. The number of carbonyl (C=O) groups excluding carboxylic acids is 2. The number of rotatable bonds is 4. The van der Waals surface area contributed by atoms with Crippen molar-refractivity contribution in [1.29, 1.82) is 0 Å². The number of hydrogen-bond donors (Lipinski definition) is 2. The lowest BCUT2D eigenvalue weighted by Crippen LogP contribution is -2.19. The van der Waals surface area contributed by atoms with Gasteiger partial charge in [-0.15, -0.1) is 0 Å². The molecule has 0 spiro atoms. The minimum absolute atomic E-state index is 0.0236. The SMILES string of the molecule is CC(=O)c1ccc(NC(=O)Nc2cccc(-c3noc(C)n3)c2)cc1. The normalized spacial score (nSPS) is 10.3. The molecule has 0 radical (unpaired) electrons. The molecule has 0 aliphatic heterocycles. The molecule has 126 valence electrons. The fourth-order valence-corrected chi connectivity index (χ4v) is 2.23. The van der Waals surface area contributed by atoms with Gasteiger partial charge in [0.1, 0.15) is 0 Å². The van der Waals surface area contributed by atoms with E-state index in [4.69, 9.17) is 4.52 Å². The summed E-state index contributed by atoms with van der Waals surface area (Å²) in [7, 11) is 0. The second-order valence-electron chi connectivity index (χ2n) is 5.43. The van der Waals surface area contributed by atoms with Gasteiger partial charge in [0, 0.05) is 29.4 Å². The molecule has 0 unspecified atom stereocenters. The van der Waals surface area contributed by atoms with Gasteiger partial charge in [0.05, 0.1) is 0 Å². The predicted octanol–water partition coefficient (Wildman–Crippen LogP) is 3.89. The standard InChI is InChI=1S/C18H16N4O3/c1-11(23)13-6-8-15(9-7-13)20-18(24)21-16-5-3-4-14(10-16)17-19-12(2)25-22-17/h3-10H,1-2H3,(H2,20,21,24). The third-order valence-electron chi connectivity index (χ3n) is 3.46. The number of Topliss-reactive ketones (excluding diaryl/α,β-unsaturated/α-hetero) is 1. The molecule has 2 N–H and O–H groups in total. The number of hydrogen-bond acceptors (Lipinski definition) is 5. The summed E-state index contributed by atoms with van der Waals surface area (Å²) < 4.78 is 4.96. The monoisotopic (exact) mass is 336 g/mol. The van der Waals surface area contributed by atoms with E-state index in [2.05, 4.69) is 20.8 Å². The second-order valence-corrected chi connectivity index (χ2v) is 5.43. The van der Waals surface area contributed by atoms with Gasteiger partial charge in [-0.1, -0.05) is 17.3 Å². The minimum Gasteiger partial charge on any atom is -0.339 e. The summed E-state index contributed by atoms with van der Waals surface area (Å²) in [4.78, 5) is 27.5. The van der Waals surface area contributed by atoms with Crippen LogP contribution in [-0.4, -0.2) is 22.0 Å². The van der Waals surface area contributed by atoms with Crippen LogP contribution in [0.3, 0.4) is 0 Å². The Morgan fingerprint density at radius 3 is 2.36 bits per heavy atom. The number of ketones is 1. The first-order chi connectivity index (χ1) is 12.0. The highest BCUT2D eigenvalue weighted by atomic mass is 16.5. The van der Waals surface area contributed by atoms with Crippen molar-refractivity contribution in [3.63, 3.8) is 0 Å². The highest BCUT2D eigenvalue weighted by molar-refractivity contribution is 6.00. The van der Waals surface area contributed by atoms with Gasteiger partial charge in [0.25, 0.3) is 0 Å². The molecule has 0 bridgehead atoms. The zero-order valence-corrected chi connectivity index (χ0v) is 13.7. The van der Waals surface area contributed by atoms with E-state index in [0.29, 0.717) is 28.7 Å². The van der Waals surface area contributed by atoms with Gasteiger partial charge in [0.2, 0.25) is 11.7 Å². The summed E-state index contributed by atoms with van der Waals surface area (Å²) >= 11 is 0. The Balaban J connectivity index is 1.67. The molecule has 2 amide bonds. The first kappa shape index (κ1) is 16.4. The van der Waals surface area contributed by atoms with Crippen LogP contribution < -0.4 is 10.6 Å². The minimum atomic E-state index is -0.392. The van der Waals surface area contributed by atoms with Gasteiger partial charge in [-0.25, -0.2) is 4.79 Å². The molecule has 1 heterocycles. The van der Waals surface area contributed by atoms with Crippen LogP contribution in [0.4, 0.5) is 16.2 Å². The molecule has 0 fully saturated rings. The third kappa shape index (κ3) is 4.08. The lowest BCUT2D eigenvalue weighted by molar-refractivity contribution is 0.101. The van der Waals surface area contributed by atoms with Crippen LogP contribution in [0.25, 0.3) is 11.4 Å². The molecule has 25 heavy (non-hydrogen) atoms. The van der Waals surface area contributed by atoms with Crippen molar-refractivity contribution in [3.05, 3.63) is 60.0 Å². The quantitative estimate of drug-likeness (QED) is 0.704. The van der Waals surface area contributed by atoms with E-state index in [9.17, 15) is 9.59 Å². The number of carbonyl (C=O) groups is 2. The average Bonchev–Trinajstić information content (AvgIpc) is 3.02. The number of amides is 2. The molecule has 0 saturated carbocycles. The van der Waals surface area contributed by atoms with E-state index in [1.807, 2.05) is 6.07 Å². The van der Waals surface area contributed by atoms with Crippen LogP contribution in [0.5, 0.6) is 0 Å². The highest BCUT2D eigenvalue weighted by Gasteiger charge is 2.08. The Morgan fingerprint density at radius 2 is 1.72 bits per heavy atom. The second kappa shape index (κ2) is 6.96. The zero-order chi connectivity index (χ0) is 17.8. The van der Waals surface area contributed by atoms with E-state index < -0.39 is 6.03 Å². The van der Waals surface area contributed by atoms with Crippen molar-refractivity contribution >= 4 is 23.2 Å². The van der Waals surface area contributed by atoms with Crippen molar-refractivity contribution in [2.75, 3.05) is 10.6 Å². The molecular formula is C18H16N4O3. The number of urea groups is 1. The molecule has 1 aromatic heterocycles. The van der Waals surface area contributed by atoms with Crippen LogP contribution in [0.15, 0.2) is 53.1 Å². The number of aromatic nitrogens is 2. The van der Waals surface area contributed by atoms with E-state index in [0.717, 1.165) is 5.56 Å². The maximum atomic E-state index is 12.1. The first-order valence-corrected chi connectivity index (χ1v) is 7.61. The highest BCUT2D eigenvalue weighted by Crippen LogP contribution is 2.20. The molecule has 0 aliphatic carbocycles. The van der Waals surface area contributed by atoms with Crippen molar-refractivity contribution in [2.24, 2.45) is 0 Å². The van der Waals surface area contributed by atoms with Gasteiger partial charge in [-0.2, -0.15) is 4.98 Å². The lowest BCUT2D eigenvalue weighted by Gasteiger charge is -2.08. The Hall–Kier alpha value is -3.48. The molecule has 0 saturated heterocycles. The number of aryl methyl sites for hydroxylation is 1. The fourth-order valence-electron chi connectivity index (χ4n) is 2.23. The van der Waals surface area contributed by atoms with E-state index >= 15 is 0 Å². The van der Waals surface area contributed by atoms with Gasteiger partial charge in [0.15, 0.2) is 5.78 Å². The Labute approximate surface area is 144 Å². The van der Waals surface area contributed by atoms with Crippen LogP contribution in [0.1, 0.15) is 23.2 Å². The average molecular weight is 336 g/mol. The van der Waals surface area contributed by atoms with E-state index in [-0.39, 0.29) is 5.78 Å². The molecule has 7 nitrogen and oxygen atoms in total. The molecular weight excluding hydrogens is 320 g/mol. The number of nitrogens with one attached hydrogen (secondary N) is 2. The van der Waals surface area contributed by atoms with Crippen molar-refractivity contribution < 1.29 is 14.1 Å². The molecule has 2 aromatic carbocycles. The van der Waals surface area contributed by atoms with Gasteiger partial charge in [-0.3, -0.25) is 4.79 Å². The molecule has 3 aromatic rings. The first-order valence-electron chi connectivity index (χ1n) is 7.61. The molecule has 7 heteroatoms. The van der Waals surface area contributed by atoms with Crippen LogP contribution in [-0.2, 0) is 0 Å². The number of anilines is 2. The number of nitrogens with zero attached hydrogens (tertiary/aromatic N) is 2. The summed E-state index contributed by atoms with van der Waals surface area (Å²) in [6.45, 7) is 3.21. The van der Waals surface area contributed by atoms with Crippen molar-refractivity contribution in [2.45, 2.75) is 13.8 Å². The van der Waals surface area contributed by atoms with Crippen molar-refractivity contribution in [3.8, 4) is 11.4 Å². The summed E-state index contributed by atoms with van der Waals surface area (Å²) in [5.41, 5.74) is 2.51. The van der Waals surface area contributed by atoms with Crippen LogP contribution in [0, 0.1) is 6.92 Å². The smallest absolute Gasteiger partial charge is 0.323 e. The summed E-state index contributed by atoms with van der Waals surface area (Å²) in [5.74, 6) is 0.908. The summed E-state index contributed by atoms with van der Waals surface area (Å²) in [6, 6.07) is 13.4. The maximum Gasteiger partial charge on any atom is 0.323 e. The predicted molar refractivity (Wildman–Crippen MR) is 93.6 cm³/mol. The zero-order valence-electron chi connectivity index (χ0n) is 13.7. The van der Waals surface area contributed by atoms with E-state index in [1.54, 1.807) is 49.4 Å². The van der Waals surface area contributed by atoms with Crippen LogP contribution >= 0.6 is 0 Å². The largest absolute Gasteiger partial charge is 0.339 e. The van der Waals surface area contributed by atoms with Crippen molar-refractivity contribution in [1.82, 2.24) is 10.1 Å². The molecule has 0 atom stereocenters. The van der Waals surface area contributed by atoms with E-state index in [1.165, 1.54) is 6.92 Å². The summed E-state index contributed by atoms with van der Waals surface area (Å²) in [6.07, 6.45) is 0. The van der Waals surface area contributed by atoms with Crippen LogP contribution in [0.2, 0.25) is 0 Å². The third-order valence-corrected chi connectivity index (χ3v) is 3.46. The Bertz CT molecular complexity index is 916. The lowest BCUT2D eigenvalue weighted by atomic mass is 10.1. The summed E-state index contributed by atoms with van der Waals surface area (Å²) in [5, 5.41) is 9.30. The number of benzene rings is 2. The topological polar surface area (TPSA) is 97.1 Å². The molecule has 3 rings (SSSR count).